The maximum absolute atomic E-state index is 12.6. The predicted octanol–water partition coefficient (Wildman–Crippen LogP) is 2.29. The standard InChI is InChI=1S/C19H25N5O2/c1-3-15(14-9-5-4-6-10-14)17(25)20-13-16-21-18(23-19(22-16)26-2)24-11-7-8-12-24/h4-6,9-10,15H,3,7-8,11-13H2,1-2H3,(H,20,25). The molecule has 2 aromatic rings. The van der Waals surface area contributed by atoms with Crippen LogP contribution in [0, 0.1) is 0 Å². The van der Waals surface area contributed by atoms with Crippen molar-refractivity contribution in [2.75, 3.05) is 25.1 Å². The molecule has 1 aromatic carbocycles. The molecule has 1 saturated heterocycles. The molecule has 1 aliphatic rings. The van der Waals surface area contributed by atoms with Gasteiger partial charge in [0.2, 0.25) is 11.9 Å². The molecule has 1 aromatic heterocycles. The highest BCUT2D eigenvalue weighted by Crippen LogP contribution is 2.20. The molecule has 1 unspecified atom stereocenters. The van der Waals surface area contributed by atoms with Crippen LogP contribution in [0.2, 0.25) is 0 Å². The molecule has 0 bridgehead atoms. The van der Waals surface area contributed by atoms with Gasteiger partial charge in [0.1, 0.15) is 0 Å². The fourth-order valence-corrected chi connectivity index (χ4v) is 3.16. The molecule has 138 valence electrons. The molecule has 0 aliphatic carbocycles. The Kier molecular flexibility index (Phi) is 5.99. The van der Waals surface area contributed by atoms with Crippen molar-refractivity contribution in [2.24, 2.45) is 0 Å². The lowest BCUT2D eigenvalue weighted by atomic mass is 9.96. The number of methoxy groups -OCH3 is 1. The Morgan fingerprint density at radius 3 is 2.58 bits per heavy atom. The van der Waals surface area contributed by atoms with E-state index in [-0.39, 0.29) is 24.4 Å². The highest BCUT2D eigenvalue weighted by molar-refractivity contribution is 5.83. The van der Waals surface area contributed by atoms with Crippen LogP contribution in [-0.4, -0.2) is 41.1 Å². The van der Waals surface area contributed by atoms with E-state index in [1.54, 1.807) is 0 Å². The summed E-state index contributed by atoms with van der Waals surface area (Å²) in [5.74, 6) is 0.919. The third kappa shape index (κ3) is 4.28. The molecule has 1 aliphatic heterocycles. The van der Waals surface area contributed by atoms with Crippen LogP contribution < -0.4 is 15.0 Å². The summed E-state index contributed by atoms with van der Waals surface area (Å²) in [5, 5.41) is 2.95. The van der Waals surface area contributed by atoms with E-state index in [0.29, 0.717) is 11.8 Å². The topological polar surface area (TPSA) is 80.2 Å². The largest absolute Gasteiger partial charge is 0.467 e. The highest BCUT2D eigenvalue weighted by Gasteiger charge is 2.20. The zero-order valence-electron chi connectivity index (χ0n) is 15.3. The number of rotatable bonds is 7. The summed E-state index contributed by atoms with van der Waals surface area (Å²) >= 11 is 0. The van der Waals surface area contributed by atoms with Gasteiger partial charge < -0.3 is 15.0 Å². The lowest BCUT2D eigenvalue weighted by molar-refractivity contribution is -0.122. The van der Waals surface area contributed by atoms with Gasteiger partial charge in [0.15, 0.2) is 5.82 Å². The van der Waals surface area contributed by atoms with Crippen LogP contribution in [-0.2, 0) is 11.3 Å². The van der Waals surface area contributed by atoms with Gasteiger partial charge in [0.05, 0.1) is 19.6 Å². The monoisotopic (exact) mass is 355 g/mol. The lowest BCUT2D eigenvalue weighted by Crippen LogP contribution is -2.30. The lowest BCUT2D eigenvalue weighted by Gasteiger charge is -2.17. The first-order valence-corrected chi connectivity index (χ1v) is 9.07. The maximum atomic E-state index is 12.6. The Morgan fingerprint density at radius 1 is 1.19 bits per heavy atom. The zero-order valence-corrected chi connectivity index (χ0v) is 15.3. The van der Waals surface area contributed by atoms with Crippen LogP contribution in [0.4, 0.5) is 5.95 Å². The molecule has 0 saturated carbocycles. The van der Waals surface area contributed by atoms with E-state index >= 15 is 0 Å². The van der Waals surface area contributed by atoms with Gasteiger partial charge in [0.25, 0.3) is 0 Å². The van der Waals surface area contributed by atoms with Crippen LogP contribution in [0.3, 0.4) is 0 Å². The fraction of sp³-hybridized carbons (Fsp3) is 0.474. The van der Waals surface area contributed by atoms with Gasteiger partial charge in [-0.25, -0.2) is 0 Å². The fourth-order valence-electron chi connectivity index (χ4n) is 3.16. The Bertz CT molecular complexity index is 732. The summed E-state index contributed by atoms with van der Waals surface area (Å²) in [5.41, 5.74) is 1.01. The first kappa shape index (κ1) is 18.1. The van der Waals surface area contributed by atoms with Crippen LogP contribution in [0.15, 0.2) is 30.3 Å². The molecule has 26 heavy (non-hydrogen) atoms. The molecule has 1 N–H and O–H groups in total. The van der Waals surface area contributed by atoms with Crippen molar-refractivity contribution >= 4 is 11.9 Å². The summed E-state index contributed by atoms with van der Waals surface area (Å²) in [6.45, 7) is 4.13. The van der Waals surface area contributed by atoms with E-state index in [1.807, 2.05) is 37.3 Å². The van der Waals surface area contributed by atoms with E-state index in [9.17, 15) is 4.79 Å². The second-order valence-corrected chi connectivity index (χ2v) is 6.32. The number of nitrogens with one attached hydrogen (secondary N) is 1. The number of carbonyl (C=O) groups is 1. The molecular formula is C19H25N5O2. The van der Waals surface area contributed by atoms with Crippen molar-refractivity contribution < 1.29 is 9.53 Å². The first-order chi connectivity index (χ1) is 12.7. The van der Waals surface area contributed by atoms with Crippen LogP contribution in [0.25, 0.3) is 0 Å². The normalized spacial score (nSPS) is 14.9. The van der Waals surface area contributed by atoms with Crippen molar-refractivity contribution in [3.05, 3.63) is 41.7 Å². The number of ether oxygens (including phenoxy) is 1. The quantitative estimate of drug-likeness (QED) is 0.821. The van der Waals surface area contributed by atoms with Gasteiger partial charge >= 0.3 is 6.01 Å². The molecule has 1 atom stereocenters. The molecule has 1 amide bonds. The predicted molar refractivity (Wildman–Crippen MR) is 99.1 cm³/mol. The summed E-state index contributed by atoms with van der Waals surface area (Å²) in [6.07, 6.45) is 3.00. The zero-order chi connectivity index (χ0) is 18.4. The first-order valence-electron chi connectivity index (χ1n) is 9.07. The van der Waals surface area contributed by atoms with Crippen molar-refractivity contribution in [2.45, 2.75) is 38.6 Å². The van der Waals surface area contributed by atoms with Gasteiger partial charge in [-0.15, -0.1) is 0 Å². The van der Waals surface area contributed by atoms with E-state index in [1.165, 1.54) is 7.11 Å². The molecule has 2 heterocycles. The number of nitrogens with zero attached hydrogens (tertiary/aromatic N) is 4. The second-order valence-electron chi connectivity index (χ2n) is 6.32. The molecule has 7 heteroatoms. The second kappa shape index (κ2) is 8.60. The van der Waals surface area contributed by atoms with Gasteiger partial charge in [0, 0.05) is 13.1 Å². The van der Waals surface area contributed by atoms with Crippen molar-refractivity contribution in [3.8, 4) is 6.01 Å². The highest BCUT2D eigenvalue weighted by atomic mass is 16.5. The number of anilines is 1. The van der Waals surface area contributed by atoms with E-state index in [4.69, 9.17) is 4.74 Å². The van der Waals surface area contributed by atoms with E-state index in [2.05, 4.69) is 25.2 Å². The van der Waals surface area contributed by atoms with Crippen LogP contribution in [0.1, 0.15) is 43.5 Å². The molecular weight excluding hydrogens is 330 g/mol. The third-order valence-electron chi connectivity index (χ3n) is 4.57. The summed E-state index contributed by atoms with van der Waals surface area (Å²) in [7, 11) is 1.54. The number of aromatic nitrogens is 3. The van der Waals surface area contributed by atoms with Crippen molar-refractivity contribution in [1.82, 2.24) is 20.3 Å². The minimum Gasteiger partial charge on any atom is -0.467 e. The van der Waals surface area contributed by atoms with Gasteiger partial charge in [-0.3, -0.25) is 4.79 Å². The number of benzene rings is 1. The number of carbonyl (C=O) groups excluding carboxylic acids is 1. The van der Waals surface area contributed by atoms with Gasteiger partial charge in [-0.2, -0.15) is 15.0 Å². The van der Waals surface area contributed by atoms with Gasteiger partial charge in [-0.05, 0) is 24.8 Å². The molecule has 7 nitrogen and oxygen atoms in total. The maximum Gasteiger partial charge on any atom is 0.321 e. The summed E-state index contributed by atoms with van der Waals surface area (Å²) in [6, 6.07) is 10.1. The Morgan fingerprint density at radius 2 is 1.92 bits per heavy atom. The SMILES string of the molecule is CCC(C(=O)NCc1nc(OC)nc(N2CCCC2)n1)c1ccccc1. The van der Waals surface area contributed by atoms with Crippen molar-refractivity contribution in [1.29, 1.82) is 0 Å². The Labute approximate surface area is 153 Å². The molecule has 0 spiro atoms. The Hall–Kier alpha value is -2.70. The number of amides is 1. The van der Waals surface area contributed by atoms with Gasteiger partial charge in [-0.1, -0.05) is 37.3 Å². The van der Waals surface area contributed by atoms with Crippen LogP contribution >= 0.6 is 0 Å². The minimum absolute atomic E-state index is 0.0270. The Balaban J connectivity index is 1.70. The van der Waals surface area contributed by atoms with E-state index < -0.39 is 0 Å². The number of hydrogen-bond donors (Lipinski definition) is 1. The van der Waals surface area contributed by atoms with Crippen LogP contribution in [0.5, 0.6) is 6.01 Å². The minimum atomic E-state index is -0.182. The molecule has 3 rings (SSSR count). The van der Waals surface area contributed by atoms with Crippen molar-refractivity contribution in [3.63, 3.8) is 0 Å². The van der Waals surface area contributed by atoms with E-state index in [0.717, 1.165) is 37.9 Å². The molecule has 0 radical (unpaired) electrons. The third-order valence-corrected chi connectivity index (χ3v) is 4.57. The summed E-state index contributed by atoms with van der Waals surface area (Å²) < 4.78 is 5.20. The summed E-state index contributed by atoms with van der Waals surface area (Å²) in [4.78, 5) is 27.8. The number of hydrogen-bond acceptors (Lipinski definition) is 6. The smallest absolute Gasteiger partial charge is 0.321 e. The molecule has 1 fully saturated rings. The average Bonchev–Trinajstić information content (AvgIpc) is 3.22. The average molecular weight is 355 g/mol.